The van der Waals surface area contributed by atoms with Crippen LogP contribution < -0.4 is 0 Å². The third kappa shape index (κ3) is 21.6. The maximum atomic E-state index is 12.1. The molecule has 0 bridgehead atoms. The summed E-state index contributed by atoms with van der Waals surface area (Å²) in [7, 11) is -10.1. The zero-order valence-corrected chi connectivity index (χ0v) is 20.1. The average molecular weight is 545 g/mol. The smallest absolute Gasteiger partial charge is 0.396 e. The van der Waals surface area contributed by atoms with Gasteiger partial charge >= 0.3 is 12.4 Å². The number of aliphatic hydroxyl groups is 2. The average Bonchev–Trinajstić information content (AvgIpc) is 2.60. The first-order chi connectivity index (χ1) is 14.8. The molecule has 0 fully saturated rings. The predicted molar refractivity (Wildman–Crippen MR) is 110 cm³/mol. The van der Waals surface area contributed by atoms with E-state index in [4.69, 9.17) is 19.3 Å². The van der Waals surface area contributed by atoms with Gasteiger partial charge in [0.1, 0.15) is 0 Å². The van der Waals surface area contributed by atoms with Crippen LogP contribution in [-0.2, 0) is 20.2 Å². The summed E-state index contributed by atoms with van der Waals surface area (Å²) in [5.41, 5.74) is 0. The highest BCUT2D eigenvalue weighted by atomic mass is 32.2. The molecule has 0 aliphatic heterocycles. The van der Waals surface area contributed by atoms with Crippen LogP contribution >= 0.6 is 0 Å². The van der Waals surface area contributed by atoms with Crippen LogP contribution in [0, 0.1) is 0 Å². The summed E-state index contributed by atoms with van der Waals surface area (Å²) in [6, 6.07) is 0. The quantitative estimate of drug-likeness (QED) is 0.163. The Kier molecular flexibility index (Phi) is 19.8. The second kappa shape index (κ2) is 17.7. The van der Waals surface area contributed by atoms with E-state index in [1.54, 1.807) is 13.8 Å². The first-order valence-electron chi connectivity index (χ1n) is 10.1. The Balaban J connectivity index is -0.000000453. The SMILES string of the molecule is CCCCCC(C(F)(F)F)S(=O)(=O)O.CCCCCC(C(F)(F)F)S(=O)(=O)O.OCCCO. The standard InChI is InChI=1S/2C7H13F3O3S.C3H8O2/c2*1-2-3-4-5-6(7(8,9)10)14(11,12)13;4-2-1-3-5/h2*6H,2-5H2,1H3,(H,11,12,13);4-5H,1-3H2. The number of hydrogen-bond acceptors (Lipinski definition) is 6. The van der Waals surface area contributed by atoms with Crippen molar-refractivity contribution in [3.63, 3.8) is 0 Å². The lowest BCUT2D eigenvalue weighted by Gasteiger charge is -2.16. The lowest BCUT2D eigenvalue weighted by molar-refractivity contribution is -0.133. The van der Waals surface area contributed by atoms with Crippen LogP contribution in [0.3, 0.4) is 0 Å². The highest BCUT2D eigenvalue weighted by molar-refractivity contribution is 7.86. The molecule has 204 valence electrons. The van der Waals surface area contributed by atoms with E-state index < -0.39 is 55.9 Å². The summed E-state index contributed by atoms with van der Waals surface area (Å²) in [4.78, 5) is 0. The molecule has 0 amide bonds. The van der Waals surface area contributed by atoms with Crippen molar-refractivity contribution >= 4 is 20.2 Å². The molecule has 0 aromatic rings. The molecule has 0 saturated carbocycles. The van der Waals surface area contributed by atoms with Crippen molar-refractivity contribution < 1.29 is 62.5 Å². The monoisotopic (exact) mass is 544 g/mol. The van der Waals surface area contributed by atoms with Gasteiger partial charge in [0.2, 0.25) is 0 Å². The maximum Gasteiger partial charge on any atom is 0.407 e. The van der Waals surface area contributed by atoms with Crippen LogP contribution in [0.4, 0.5) is 26.3 Å². The largest absolute Gasteiger partial charge is 0.407 e. The third-order valence-electron chi connectivity index (χ3n) is 3.91. The number of rotatable bonds is 12. The van der Waals surface area contributed by atoms with Crippen LogP contribution in [0.15, 0.2) is 0 Å². The van der Waals surface area contributed by atoms with E-state index in [-0.39, 0.29) is 26.1 Å². The molecule has 0 aromatic heterocycles. The molecule has 0 radical (unpaired) electrons. The molecular weight excluding hydrogens is 510 g/mol. The van der Waals surface area contributed by atoms with Gasteiger partial charge in [0, 0.05) is 13.2 Å². The van der Waals surface area contributed by atoms with Gasteiger partial charge in [0.25, 0.3) is 20.2 Å². The van der Waals surface area contributed by atoms with Crippen LogP contribution in [0.25, 0.3) is 0 Å². The Morgan fingerprint density at radius 1 is 0.606 bits per heavy atom. The molecule has 2 unspecified atom stereocenters. The van der Waals surface area contributed by atoms with Crippen molar-refractivity contribution in [2.75, 3.05) is 13.2 Å². The molecule has 16 heteroatoms. The van der Waals surface area contributed by atoms with Gasteiger partial charge in [-0.3, -0.25) is 9.11 Å². The van der Waals surface area contributed by atoms with E-state index in [0.29, 0.717) is 32.1 Å². The zero-order valence-electron chi connectivity index (χ0n) is 18.4. The Morgan fingerprint density at radius 2 is 0.879 bits per heavy atom. The fourth-order valence-electron chi connectivity index (χ4n) is 2.19. The van der Waals surface area contributed by atoms with Crippen molar-refractivity contribution in [2.24, 2.45) is 0 Å². The van der Waals surface area contributed by atoms with Gasteiger partial charge in [0.15, 0.2) is 10.5 Å². The Hall–Kier alpha value is -0.680. The molecule has 33 heavy (non-hydrogen) atoms. The molecule has 2 atom stereocenters. The van der Waals surface area contributed by atoms with Gasteiger partial charge in [-0.1, -0.05) is 52.4 Å². The van der Waals surface area contributed by atoms with E-state index in [1.165, 1.54) is 0 Å². The van der Waals surface area contributed by atoms with Crippen LogP contribution in [-0.4, -0.2) is 72.2 Å². The molecule has 0 aliphatic rings. The second-order valence-corrected chi connectivity index (χ2v) is 10.1. The molecule has 0 rings (SSSR count). The van der Waals surface area contributed by atoms with Gasteiger partial charge in [-0.2, -0.15) is 43.2 Å². The number of unbranched alkanes of at least 4 members (excludes halogenated alkanes) is 4. The van der Waals surface area contributed by atoms with Crippen molar-refractivity contribution in [3.05, 3.63) is 0 Å². The Morgan fingerprint density at radius 3 is 1.00 bits per heavy atom. The highest BCUT2D eigenvalue weighted by Gasteiger charge is 2.48. The van der Waals surface area contributed by atoms with Gasteiger partial charge in [0.05, 0.1) is 0 Å². The van der Waals surface area contributed by atoms with Crippen LogP contribution in [0.5, 0.6) is 0 Å². The summed E-state index contributed by atoms with van der Waals surface area (Å²) in [5.74, 6) is 0. The summed E-state index contributed by atoms with van der Waals surface area (Å²) in [6.45, 7) is 3.76. The molecule has 0 spiro atoms. The minimum Gasteiger partial charge on any atom is -0.396 e. The molecule has 0 saturated heterocycles. The number of hydrogen-bond donors (Lipinski definition) is 4. The molecule has 0 aromatic carbocycles. The normalized spacial score (nSPS) is 14.4. The first kappa shape index (κ1) is 36.9. The van der Waals surface area contributed by atoms with Gasteiger partial charge < -0.3 is 10.2 Å². The van der Waals surface area contributed by atoms with E-state index in [0.717, 1.165) is 0 Å². The van der Waals surface area contributed by atoms with E-state index in [2.05, 4.69) is 0 Å². The first-order valence-corrected chi connectivity index (χ1v) is 13.1. The topological polar surface area (TPSA) is 149 Å². The molecule has 4 N–H and O–H groups in total. The zero-order chi connectivity index (χ0) is 26.9. The molecule has 0 aliphatic carbocycles. The van der Waals surface area contributed by atoms with Crippen molar-refractivity contribution in [2.45, 2.75) is 94.5 Å². The number of aliphatic hydroxyl groups excluding tert-OH is 2. The van der Waals surface area contributed by atoms with Crippen LogP contribution in [0.1, 0.15) is 71.6 Å². The lowest BCUT2D eigenvalue weighted by Crippen LogP contribution is -2.36. The molecule has 0 heterocycles. The summed E-state index contributed by atoms with van der Waals surface area (Å²) < 4.78 is 131. The van der Waals surface area contributed by atoms with Gasteiger partial charge in [-0.05, 0) is 19.3 Å². The van der Waals surface area contributed by atoms with Gasteiger partial charge in [-0.25, -0.2) is 0 Å². The summed E-state index contributed by atoms with van der Waals surface area (Å²) in [6.07, 6.45) is -7.73. The van der Waals surface area contributed by atoms with Crippen molar-refractivity contribution in [3.8, 4) is 0 Å². The second-order valence-electron chi connectivity index (χ2n) is 6.88. The Bertz CT molecular complexity index is 621. The highest BCUT2D eigenvalue weighted by Crippen LogP contribution is 2.30. The molecule has 8 nitrogen and oxygen atoms in total. The summed E-state index contributed by atoms with van der Waals surface area (Å²) >= 11 is 0. The lowest BCUT2D eigenvalue weighted by atomic mass is 10.1. The minimum atomic E-state index is -5.03. The third-order valence-corrected chi connectivity index (χ3v) is 6.35. The number of halogens is 6. The number of alkyl halides is 6. The Labute approximate surface area is 190 Å². The van der Waals surface area contributed by atoms with E-state index in [1.807, 2.05) is 0 Å². The fraction of sp³-hybridized carbons (Fsp3) is 1.00. The summed E-state index contributed by atoms with van der Waals surface area (Å²) in [5, 5.41) is 10.5. The molecular formula is C17H34F6O8S2. The van der Waals surface area contributed by atoms with Crippen molar-refractivity contribution in [1.82, 2.24) is 0 Å². The van der Waals surface area contributed by atoms with Crippen LogP contribution in [0.2, 0.25) is 0 Å². The predicted octanol–water partition coefficient (Wildman–Crippen LogP) is 4.13. The fourth-order valence-corrected chi connectivity index (χ4v) is 3.80. The van der Waals surface area contributed by atoms with Gasteiger partial charge in [-0.15, -0.1) is 0 Å². The van der Waals surface area contributed by atoms with E-state index in [9.17, 15) is 43.2 Å². The minimum absolute atomic E-state index is 0.0938. The van der Waals surface area contributed by atoms with E-state index >= 15 is 0 Å². The van der Waals surface area contributed by atoms with Crippen molar-refractivity contribution in [1.29, 1.82) is 0 Å². The maximum absolute atomic E-state index is 12.1.